The van der Waals surface area contributed by atoms with Crippen LogP contribution in [0.15, 0.2) is 30.3 Å². The molecule has 0 amide bonds. The van der Waals surface area contributed by atoms with Gasteiger partial charge in [0, 0.05) is 11.1 Å². The van der Waals surface area contributed by atoms with Crippen molar-refractivity contribution in [1.82, 2.24) is 4.98 Å². The summed E-state index contributed by atoms with van der Waals surface area (Å²) >= 11 is 0. The van der Waals surface area contributed by atoms with Crippen LogP contribution in [0.4, 0.5) is 0 Å². The molecule has 0 saturated heterocycles. The Morgan fingerprint density at radius 2 is 1.23 bits per heavy atom. The van der Waals surface area contributed by atoms with E-state index in [2.05, 4.69) is 90.3 Å². The molecule has 1 unspecified atom stereocenters. The van der Waals surface area contributed by atoms with Crippen LogP contribution < -0.4 is 10.2 Å². The van der Waals surface area contributed by atoms with Crippen molar-refractivity contribution in [3.63, 3.8) is 0 Å². The van der Waals surface area contributed by atoms with Gasteiger partial charge >= 0.3 is 0 Å². The lowest BCUT2D eigenvalue weighted by molar-refractivity contribution is 0.513. The predicted molar refractivity (Wildman–Crippen MR) is 99.5 cm³/mol. The summed E-state index contributed by atoms with van der Waals surface area (Å²) in [6.45, 7) is 18.4. The van der Waals surface area contributed by atoms with E-state index in [1.807, 2.05) is 0 Å². The van der Waals surface area contributed by atoms with Gasteiger partial charge in [-0.25, -0.2) is 0 Å². The Kier molecular flexibility index (Phi) is 4.94. The Morgan fingerprint density at radius 1 is 0.773 bits per heavy atom. The molecule has 1 aromatic carbocycles. The minimum absolute atomic E-state index is 0.0920. The van der Waals surface area contributed by atoms with Gasteiger partial charge in [-0.1, -0.05) is 64.6 Å². The Balaban J connectivity index is 2.50. The Hall–Kier alpha value is -0.603. The summed E-state index contributed by atoms with van der Waals surface area (Å²) in [6.07, 6.45) is 0. The van der Waals surface area contributed by atoms with Crippen LogP contribution in [-0.2, 0) is 0 Å². The fraction of sp³-hybridized carbons (Fsp3) is 0.450. The van der Waals surface area contributed by atoms with Gasteiger partial charge in [-0.05, 0) is 49.6 Å². The van der Waals surface area contributed by atoms with Crippen LogP contribution in [0.1, 0.15) is 48.5 Å². The molecule has 1 fully saturated rings. The van der Waals surface area contributed by atoms with Crippen LogP contribution >= 0.6 is 0 Å². The fourth-order valence-corrected chi connectivity index (χ4v) is 8.56. The number of hydrogen-bond donors (Lipinski definition) is 1. The lowest BCUT2D eigenvalue weighted by Crippen LogP contribution is -2.68. The second kappa shape index (κ2) is 6.12. The zero-order valence-corrected chi connectivity index (χ0v) is 16.4. The molecule has 2 heteroatoms. The SMILES string of the molecule is C[C]1[C](C)[C](C)[C]([Si](C)(NC(C)(C)C)c2ccccc2)[C]1C. The van der Waals surface area contributed by atoms with Gasteiger partial charge in [0.2, 0.25) is 0 Å². The molecule has 1 atom stereocenters. The maximum atomic E-state index is 4.03. The van der Waals surface area contributed by atoms with Gasteiger partial charge in [0.25, 0.3) is 0 Å². The first-order valence-corrected chi connectivity index (χ1v) is 10.7. The van der Waals surface area contributed by atoms with Crippen molar-refractivity contribution < 1.29 is 0 Å². The molecule has 0 spiro atoms. The van der Waals surface area contributed by atoms with E-state index in [9.17, 15) is 0 Å². The van der Waals surface area contributed by atoms with E-state index < -0.39 is 8.24 Å². The zero-order chi connectivity index (χ0) is 16.7. The molecular weight excluding hydrogens is 282 g/mol. The third kappa shape index (κ3) is 3.19. The third-order valence-corrected chi connectivity index (χ3v) is 9.40. The molecule has 1 aliphatic carbocycles. The van der Waals surface area contributed by atoms with Crippen molar-refractivity contribution in [3.8, 4) is 0 Å². The molecule has 0 heterocycles. The van der Waals surface area contributed by atoms with Gasteiger partial charge in [-0.3, -0.25) is 0 Å². The highest BCUT2D eigenvalue weighted by Crippen LogP contribution is 2.55. The standard InChI is InChI=1S/C20H30NSi/c1-14-15(2)17(4)19(16(14)3)22(8,21-20(5,6)7)18-12-10-9-11-13-18/h9-13,21H,1-8H3. The normalized spacial score (nSPS) is 23.1. The van der Waals surface area contributed by atoms with Crippen molar-refractivity contribution in [2.75, 3.05) is 0 Å². The second-order valence-corrected chi connectivity index (χ2v) is 11.3. The van der Waals surface area contributed by atoms with E-state index in [-0.39, 0.29) is 5.54 Å². The first kappa shape index (κ1) is 17.7. The maximum absolute atomic E-state index is 4.03. The minimum atomic E-state index is -1.99. The van der Waals surface area contributed by atoms with Gasteiger partial charge < -0.3 is 4.98 Å². The molecule has 0 bridgehead atoms. The highest BCUT2D eigenvalue weighted by Gasteiger charge is 2.54. The van der Waals surface area contributed by atoms with E-state index >= 15 is 0 Å². The van der Waals surface area contributed by atoms with Gasteiger partial charge in [0.05, 0.1) is 0 Å². The molecular formula is C20H30NSi. The number of rotatable bonds is 3. The van der Waals surface area contributed by atoms with Gasteiger partial charge in [0.1, 0.15) is 0 Å². The fourth-order valence-electron chi connectivity index (χ4n) is 3.77. The van der Waals surface area contributed by atoms with Crippen molar-refractivity contribution >= 4 is 13.4 Å². The van der Waals surface area contributed by atoms with Crippen molar-refractivity contribution in [2.24, 2.45) is 0 Å². The molecule has 1 saturated carbocycles. The molecule has 0 aliphatic heterocycles. The number of benzene rings is 1. The molecule has 2 rings (SSSR count). The lowest BCUT2D eigenvalue weighted by Gasteiger charge is -2.43. The summed E-state index contributed by atoms with van der Waals surface area (Å²) in [6, 6.07) is 11.0. The minimum Gasteiger partial charge on any atom is -0.329 e. The molecule has 1 nitrogen and oxygen atoms in total. The number of nitrogens with one attached hydrogen (secondary N) is 1. The Bertz CT molecular complexity index is 478. The molecule has 1 N–H and O–H groups in total. The van der Waals surface area contributed by atoms with E-state index in [4.69, 9.17) is 0 Å². The van der Waals surface area contributed by atoms with Crippen LogP contribution in [0.25, 0.3) is 0 Å². The molecule has 22 heavy (non-hydrogen) atoms. The summed E-state index contributed by atoms with van der Waals surface area (Å²) < 4.78 is 0. The molecule has 1 aromatic rings. The van der Waals surface area contributed by atoms with E-state index in [1.54, 1.807) is 5.54 Å². The van der Waals surface area contributed by atoms with Crippen LogP contribution in [-0.4, -0.2) is 13.8 Å². The van der Waals surface area contributed by atoms with E-state index in [0.29, 0.717) is 0 Å². The average molecular weight is 313 g/mol. The summed E-state index contributed by atoms with van der Waals surface area (Å²) in [5.74, 6) is 5.87. The summed E-state index contributed by atoms with van der Waals surface area (Å²) in [7, 11) is -1.99. The van der Waals surface area contributed by atoms with Crippen LogP contribution in [0.5, 0.6) is 0 Å². The average Bonchev–Trinajstić information content (AvgIpc) is 2.62. The van der Waals surface area contributed by atoms with Crippen molar-refractivity contribution in [1.29, 1.82) is 0 Å². The molecule has 119 valence electrons. The van der Waals surface area contributed by atoms with Crippen molar-refractivity contribution in [2.45, 2.75) is 60.6 Å². The largest absolute Gasteiger partial charge is 0.329 e. The first-order valence-electron chi connectivity index (χ1n) is 8.16. The predicted octanol–water partition coefficient (Wildman–Crippen LogP) is 4.36. The summed E-state index contributed by atoms with van der Waals surface area (Å²) in [4.78, 5) is 4.03. The van der Waals surface area contributed by atoms with E-state index in [1.165, 1.54) is 28.9 Å². The van der Waals surface area contributed by atoms with Crippen LogP contribution in [0.3, 0.4) is 0 Å². The van der Waals surface area contributed by atoms with Gasteiger partial charge in [-0.15, -0.1) is 0 Å². The topological polar surface area (TPSA) is 12.0 Å². The lowest BCUT2D eigenvalue weighted by atomic mass is 9.92. The first-order chi connectivity index (χ1) is 10.1. The highest BCUT2D eigenvalue weighted by atomic mass is 28.3. The molecule has 0 aromatic heterocycles. The Labute approximate surface area is 139 Å². The van der Waals surface area contributed by atoms with Crippen LogP contribution in [0, 0.1) is 29.2 Å². The van der Waals surface area contributed by atoms with Gasteiger partial charge in [-0.2, -0.15) is 0 Å². The quantitative estimate of drug-likeness (QED) is 0.818. The Morgan fingerprint density at radius 3 is 1.64 bits per heavy atom. The van der Waals surface area contributed by atoms with Gasteiger partial charge in [0.15, 0.2) is 8.24 Å². The molecule has 5 radical (unpaired) electrons. The summed E-state index contributed by atoms with van der Waals surface area (Å²) in [5, 5.41) is 1.46. The smallest absolute Gasteiger partial charge is 0.162 e. The second-order valence-electron chi connectivity index (χ2n) is 7.74. The zero-order valence-electron chi connectivity index (χ0n) is 15.4. The third-order valence-electron chi connectivity index (χ3n) is 4.91. The molecule has 1 aliphatic rings. The van der Waals surface area contributed by atoms with E-state index in [0.717, 1.165) is 0 Å². The maximum Gasteiger partial charge on any atom is 0.162 e. The van der Waals surface area contributed by atoms with Crippen molar-refractivity contribution in [3.05, 3.63) is 59.5 Å². The number of hydrogen-bond acceptors (Lipinski definition) is 1. The monoisotopic (exact) mass is 312 g/mol. The highest BCUT2D eigenvalue weighted by molar-refractivity contribution is 6.94. The van der Waals surface area contributed by atoms with Crippen LogP contribution in [0.2, 0.25) is 6.55 Å². The summed E-state index contributed by atoms with van der Waals surface area (Å²) in [5.41, 5.74) is 1.66.